The van der Waals surface area contributed by atoms with Crippen molar-refractivity contribution in [3.8, 4) is 5.75 Å². The highest BCUT2D eigenvalue weighted by molar-refractivity contribution is 7.98. The van der Waals surface area contributed by atoms with Gasteiger partial charge >= 0.3 is 0 Å². The van der Waals surface area contributed by atoms with E-state index < -0.39 is 9.84 Å². The normalized spacial score (nSPS) is 11.2. The van der Waals surface area contributed by atoms with Crippen LogP contribution in [0.25, 0.3) is 0 Å². The van der Waals surface area contributed by atoms with Crippen molar-refractivity contribution in [2.45, 2.75) is 30.4 Å². The maximum absolute atomic E-state index is 11.8. The van der Waals surface area contributed by atoms with Crippen LogP contribution >= 0.6 is 11.8 Å². The van der Waals surface area contributed by atoms with E-state index in [0.717, 1.165) is 11.5 Å². The Balaban J connectivity index is 1.53. The minimum absolute atomic E-state index is 0.0203. The van der Waals surface area contributed by atoms with Crippen LogP contribution in [0.3, 0.4) is 0 Å². The standard InChI is InChI=1S/C21H27NO4S2/c1-17-5-7-18(8-6-17)16-27-15-13-22-21(23)4-3-14-26-19-9-11-20(12-10-19)28(2,24)25/h5-12H,3-4,13-16H2,1-2H3,(H,22,23). The molecule has 1 amide bonds. The minimum atomic E-state index is -3.20. The van der Waals surface area contributed by atoms with Crippen LogP contribution in [-0.4, -0.2) is 39.5 Å². The Labute approximate surface area is 171 Å². The molecule has 2 aromatic carbocycles. The summed E-state index contributed by atoms with van der Waals surface area (Å²) in [5.74, 6) is 2.44. The zero-order valence-corrected chi connectivity index (χ0v) is 17.9. The highest BCUT2D eigenvalue weighted by atomic mass is 32.2. The number of hydrogen-bond acceptors (Lipinski definition) is 5. The Morgan fingerprint density at radius 1 is 1.07 bits per heavy atom. The minimum Gasteiger partial charge on any atom is -0.494 e. The smallest absolute Gasteiger partial charge is 0.220 e. The molecule has 0 saturated carbocycles. The summed E-state index contributed by atoms with van der Waals surface area (Å²) in [6.45, 7) is 3.14. The maximum atomic E-state index is 11.8. The van der Waals surface area contributed by atoms with Crippen molar-refractivity contribution in [3.63, 3.8) is 0 Å². The van der Waals surface area contributed by atoms with Gasteiger partial charge in [-0.05, 0) is 43.2 Å². The van der Waals surface area contributed by atoms with Crippen molar-refractivity contribution in [2.75, 3.05) is 25.2 Å². The molecule has 2 aromatic rings. The molecule has 0 bridgehead atoms. The highest BCUT2D eigenvalue weighted by Crippen LogP contribution is 2.16. The second-order valence-electron chi connectivity index (χ2n) is 6.58. The lowest BCUT2D eigenvalue weighted by atomic mass is 10.2. The van der Waals surface area contributed by atoms with E-state index in [1.54, 1.807) is 23.9 Å². The molecule has 152 valence electrons. The van der Waals surface area contributed by atoms with Crippen LogP contribution in [0.5, 0.6) is 5.75 Å². The molecule has 28 heavy (non-hydrogen) atoms. The number of ether oxygens (including phenoxy) is 1. The molecule has 0 saturated heterocycles. The lowest BCUT2D eigenvalue weighted by Gasteiger charge is -2.08. The first-order valence-electron chi connectivity index (χ1n) is 9.17. The van der Waals surface area contributed by atoms with Gasteiger partial charge < -0.3 is 10.1 Å². The Kier molecular flexibility index (Phi) is 8.86. The third-order valence-electron chi connectivity index (χ3n) is 4.03. The van der Waals surface area contributed by atoms with Crippen molar-refractivity contribution in [2.24, 2.45) is 0 Å². The van der Waals surface area contributed by atoms with E-state index in [1.165, 1.54) is 29.5 Å². The number of sulfone groups is 1. The first kappa shape index (κ1) is 22.3. The predicted octanol–water partition coefficient (Wildman–Crippen LogP) is 3.61. The molecule has 0 spiro atoms. The van der Waals surface area contributed by atoms with E-state index in [-0.39, 0.29) is 10.8 Å². The first-order valence-corrected chi connectivity index (χ1v) is 12.2. The summed E-state index contributed by atoms with van der Waals surface area (Å²) in [6, 6.07) is 14.8. The summed E-state index contributed by atoms with van der Waals surface area (Å²) in [5.41, 5.74) is 2.56. The zero-order valence-electron chi connectivity index (χ0n) is 16.3. The van der Waals surface area contributed by atoms with Crippen LogP contribution in [0, 0.1) is 6.92 Å². The van der Waals surface area contributed by atoms with E-state index in [0.29, 0.717) is 31.7 Å². The highest BCUT2D eigenvalue weighted by Gasteiger charge is 2.06. The summed E-state index contributed by atoms with van der Waals surface area (Å²) >= 11 is 1.80. The zero-order chi connectivity index (χ0) is 20.4. The number of hydrogen-bond donors (Lipinski definition) is 1. The van der Waals surface area contributed by atoms with E-state index in [2.05, 4.69) is 36.5 Å². The molecule has 2 rings (SSSR count). The molecule has 0 aliphatic heterocycles. The van der Waals surface area contributed by atoms with Gasteiger partial charge in [-0.3, -0.25) is 4.79 Å². The van der Waals surface area contributed by atoms with Crippen molar-refractivity contribution in [1.82, 2.24) is 5.32 Å². The monoisotopic (exact) mass is 421 g/mol. The first-order chi connectivity index (χ1) is 13.3. The number of rotatable bonds is 11. The van der Waals surface area contributed by atoms with Gasteiger partial charge in [0.05, 0.1) is 11.5 Å². The molecule has 5 nitrogen and oxygen atoms in total. The molecule has 0 aliphatic rings. The van der Waals surface area contributed by atoms with E-state index >= 15 is 0 Å². The molecule has 0 atom stereocenters. The number of benzene rings is 2. The van der Waals surface area contributed by atoms with E-state index in [1.807, 2.05) is 0 Å². The Hall–Kier alpha value is -1.99. The van der Waals surface area contributed by atoms with Gasteiger partial charge in [0.2, 0.25) is 5.91 Å². The molecule has 0 unspecified atom stereocenters. The number of carbonyl (C=O) groups is 1. The third kappa shape index (κ3) is 8.35. The van der Waals surface area contributed by atoms with Crippen LogP contribution in [0.15, 0.2) is 53.4 Å². The number of thioether (sulfide) groups is 1. The summed E-state index contributed by atoms with van der Waals surface area (Å²) < 4.78 is 28.4. The second-order valence-corrected chi connectivity index (χ2v) is 9.70. The number of amides is 1. The maximum Gasteiger partial charge on any atom is 0.220 e. The van der Waals surface area contributed by atoms with Crippen molar-refractivity contribution in [1.29, 1.82) is 0 Å². The Bertz CT molecular complexity index is 847. The number of carbonyl (C=O) groups excluding carboxylic acids is 1. The molecular formula is C21H27NO4S2. The predicted molar refractivity (Wildman–Crippen MR) is 115 cm³/mol. The van der Waals surface area contributed by atoms with Crippen LogP contribution in [0.1, 0.15) is 24.0 Å². The van der Waals surface area contributed by atoms with Gasteiger partial charge in [0.15, 0.2) is 9.84 Å². The molecular weight excluding hydrogens is 394 g/mol. The summed E-state index contributed by atoms with van der Waals surface area (Å²) in [5, 5.41) is 2.92. The lowest BCUT2D eigenvalue weighted by Crippen LogP contribution is -2.25. The summed E-state index contributed by atoms with van der Waals surface area (Å²) in [6.07, 6.45) is 2.18. The van der Waals surface area contributed by atoms with Gasteiger partial charge in [-0.15, -0.1) is 0 Å². The summed E-state index contributed by atoms with van der Waals surface area (Å²) in [4.78, 5) is 12.1. The topological polar surface area (TPSA) is 72.5 Å². The third-order valence-corrected chi connectivity index (χ3v) is 6.19. The summed E-state index contributed by atoms with van der Waals surface area (Å²) in [7, 11) is -3.20. The van der Waals surface area contributed by atoms with Crippen LogP contribution < -0.4 is 10.1 Å². The Morgan fingerprint density at radius 2 is 1.75 bits per heavy atom. The van der Waals surface area contributed by atoms with Crippen LogP contribution in [-0.2, 0) is 20.4 Å². The van der Waals surface area contributed by atoms with Crippen molar-refractivity contribution < 1.29 is 17.9 Å². The van der Waals surface area contributed by atoms with Crippen molar-refractivity contribution >= 4 is 27.5 Å². The van der Waals surface area contributed by atoms with Crippen LogP contribution in [0.4, 0.5) is 0 Å². The van der Waals surface area contributed by atoms with Gasteiger partial charge in [0.25, 0.3) is 0 Å². The number of aryl methyl sites for hydroxylation is 1. The fourth-order valence-corrected chi connectivity index (χ4v) is 3.88. The largest absolute Gasteiger partial charge is 0.494 e. The quantitative estimate of drug-likeness (QED) is 0.561. The molecule has 0 fully saturated rings. The molecule has 1 N–H and O–H groups in total. The lowest BCUT2D eigenvalue weighted by molar-refractivity contribution is -0.121. The van der Waals surface area contributed by atoms with Gasteiger partial charge in [-0.25, -0.2) is 8.42 Å². The van der Waals surface area contributed by atoms with Crippen molar-refractivity contribution in [3.05, 3.63) is 59.7 Å². The Morgan fingerprint density at radius 3 is 2.39 bits per heavy atom. The van der Waals surface area contributed by atoms with E-state index in [4.69, 9.17) is 4.74 Å². The van der Waals surface area contributed by atoms with Gasteiger partial charge in [0, 0.05) is 30.7 Å². The average molecular weight is 422 g/mol. The van der Waals surface area contributed by atoms with Gasteiger partial charge in [-0.2, -0.15) is 11.8 Å². The molecule has 0 aromatic heterocycles. The molecule has 0 heterocycles. The van der Waals surface area contributed by atoms with Crippen LogP contribution in [0.2, 0.25) is 0 Å². The second kappa shape index (κ2) is 11.1. The van der Waals surface area contributed by atoms with Gasteiger partial charge in [-0.1, -0.05) is 29.8 Å². The molecule has 0 aliphatic carbocycles. The average Bonchev–Trinajstić information content (AvgIpc) is 2.66. The molecule has 7 heteroatoms. The fourth-order valence-electron chi connectivity index (χ4n) is 2.43. The molecule has 0 radical (unpaired) electrons. The SMILES string of the molecule is Cc1ccc(CSCCNC(=O)CCCOc2ccc(S(C)(=O)=O)cc2)cc1. The van der Waals surface area contributed by atoms with E-state index in [9.17, 15) is 13.2 Å². The number of nitrogens with one attached hydrogen (secondary N) is 1. The fraction of sp³-hybridized carbons (Fsp3) is 0.381. The van der Waals surface area contributed by atoms with Gasteiger partial charge in [0.1, 0.15) is 5.75 Å².